The zero-order valence-electron chi connectivity index (χ0n) is 36.3. The molecule has 0 aromatic rings. The summed E-state index contributed by atoms with van der Waals surface area (Å²) < 4.78 is 22.6. The van der Waals surface area contributed by atoms with Gasteiger partial charge in [0.1, 0.15) is 13.2 Å². The summed E-state index contributed by atoms with van der Waals surface area (Å²) in [6.45, 7) is 4.64. The Morgan fingerprint density at radius 2 is 1.05 bits per heavy atom. The van der Waals surface area contributed by atoms with E-state index in [0.29, 0.717) is 17.4 Å². The van der Waals surface area contributed by atoms with Crippen molar-refractivity contribution in [3.8, 4) is 0 Å². The third kappa shape index (κ3) is 39.2. The van der Waals surface area contributed by atoms with Gasteiger partial charge in [-0.2, -0.15) is 0 Å². The number of carbonyl (C=O) groups is 3. The second kappa shape index (κ2) is 38.8. The molecule has 0 saturated heterocycles. The number of nitrogens with zero attached hydrogens (tertiary/aromatic N) is 1. The third-order valence-corrected chi connectivity index (χ3v) is 9.02. The smallest absolute Gasteiger partial charge is 0.361 e. The molecular weight excluding hydrogens is 707 g/mol. The van der Waals surface area contributed by atoms with Crippen molar-refractivity contribution in [1.82, 2.24) is 0 Å². The summed E-state index contributed by atoms with van der Waals surface area (Å²) >= 11 is 0. The van der Waals surface area contributed by atoms with E-state index in [2.05, 4.69) is 62.5 Å². The predicted octanol–water partition coefficient (Wildman–Crippen LogP) is 11.4. The summed E-state index contributed by atoms with van der Waals surface area (Å²) in [6, 6.07) is 0. The van der Waals surface area contributed by atoms with Crippen LogP contribution in [-0.4, -0.2) is 87.4 Å². The number of rotatable bonds is 39. The average Bonchev–Trinajstić information content (AvgIpc) is 3.15. The number of carbonyl (C=O) groups excluding carboxylic acids is 2. The molecule has 0 aromatic carbocycles. The normalized spacial score (nSPS) is 13.5. The highest BCUT2D eigenvalue weighted by molar-refractivity contribution is 5.71. The highest BCUT2D eigenvalue weighted by atomic mass is 16.7. The van der Waals surface area contributed by atoms with Crippen LogP contribution in [0, 0.1) is 0 Å². The Bertz CT molecular complexity index is 1100. The van der Waals surface area contributed by atoms with Crippen LogP contribution in [0.15, 0.2) is 60.8 Å². The van der Waals surface area contributed by atoms with E-state index >= 15 is 0 Å². The second-order valence-electron chi connectivity index (χ2n) is 15.6. The maximum atomic E-state index is 12.7. The van der Waals surface area contributed by atoms with Crippen molar-refractivity contribution in [3.63, 3.8) is 0 Å². The van der Waals surface area contributed by atoms with E-state index in [-0.39, 0.29) is 38.6 Å². The highest BCUT2D eigenvalue weighted by Crippen LogP contribution is 2.13. The molecule has 0 amide bonds. The summed E-state index contributed by atoms with van der Waals surface area (Å²) in [5.74, 6) is -2.13. The molecule has 2 unspecified atom stereocenters. The van der Waals surface area contributed by atoms with Gasteiger partial charge in [0, 0.05) is 12.8 Å². The molecule has 0 aliphatic rings. The van der Waals surface area contributed by atoms with Crippen molar-refractivity contribution < 1.29 is 42.9 Å². The summed E-state index contributed by atoms with van der Waals surface area (Å²) in [5, 5.41) is 9.61. The quantitative estimate of drug-likeness (QED) is 0.0216. The molecule has 0 aliphatic carbocycles. The van der Waals surface area contributed by atoms with E-state index in [1.807, 2.05) is 33.3 Å². The van der Waals surface area contributed by atoms with Crippen LogP contribution in [-0.2, 0) is 33.3 Å². The fourth-order valence-corrected chi connectivity index (χ4v) is 5.61. The fraction of sp³-hybridized carbons (Fsp3) is 0.723. The Kier molecular flexibility index (Phi) is 36.8. The van der Waals surface area contributed by atoms with Crippen molar-refractivity contribution in [2.45, 2.75) is 174 Å². The Morgan fingerprint density at radius 1 is 0.554 bits per heavy atom. The Hall–Kier alpha value is -3.01. The van der Waals surface area contributed by atoms with Gasteiger partial charge in [-0.25, -0.2) is 4.79 Å². The van der Waals surface area contributed by atoms with Crippen molar-refractivity contribution in [2.75, 3.05) is 47.5 Å². The van der Waals surface area contributed by atoms with Crippen molar-refractivity contribution in [1.29, 1.82) is 0 Å². The second-order valence-corrected chi connectivity index (χ2v) is 15.6. The lowest BCUT2D eigenvalue weighted by Gasteiger charge is -2.25. The van der Waals surface area contributed by atoms with Gasteiger partial charge in [0.2, 0.25) is 0 Å². The lowest BCUT2D eigenvalue weighted by atomic mass is 10.1. The number of quaternary nitrogens is 1. The van der Waals surface area contributed by atoms with Gasteiger partial charge in [-0.3, -0.25) is 9.59 Å². The minimum absolute atomic E-state index is 0.136. The molecule has 9 heteroatoms. The Balaban J connectivity index is 4.51. The number of ether oxygens (including phenoxy) is 4. The van der Waals surface area contributed by atoms with E-state index in [0.717, 1.165) is 57.8 Å². The SMILES string of the molecule is CC/C=C\C/C=C\C/C=C\C/C=C\CCC(=O)OC(COC(=O)CCCCCCCCC/C=C\CCCCCCCCC)COC(OCC[N+](C)(C)C)C(=O)O. The zero-order valence-corrected chi connectivity index (χ0v) is 36.3. The van der Waals surface area contributed by atoms with Gasteiger partial charge in [-0.05, 0) is 64.2 Å². The van der Waals surface area contributed by atoms with Gasteiger partial charge in [0.25, 0.3) is 6.29 Å². The largest absolute Gasteiger partial charge is 0.477 e. The molecule has 0 saturated carbocycles. The van der Waals surface area contributed by atoms with Gasteiger partial charge >= 0.3 is 17.9 Å². The number of likely N-dealkylation sites (N-methyl/N-ethyl adjacent to an activating group) is 1. The first kappa shape index (κ1) is 53.0. The maximum Gasteiger partial charge on any atom is 0.361 e. The summed E-state index contributed by atoms with van der Waals surface area (Å²) in [4.78, 5) is 37.0. The molecule has 0 spiro atoms. The van der Waals surface area contributed by atoms with Crippen LogP contribution >= 0.6 is 0 Å². The number of allylic oxidation sites excluding steroid dienone is 10. The Morgan fingerprint density at radius 3 is 1.59 bits per heavy atom. The standard InChI is InChI=1S/C47H81NO8/c1-6-8-10-12-14-16-18-20-21-22-23-24-26-27-29-31-33-35-37-44(49)54-41-43(42-55-47(46(51)52)53-40-39-48(3,4)5)56-45(50)38-36-34-32-30-28-25-19-17-15-13-11-9-7-2/h9,11,15,17,21-22,25,28,32,34,43,47H,6-8,10,12-14,16,18-20,23-24,26-27,29-31,33,35-42H2,1-5H3/p+1/b11-9-,17-15-,22-21-,28-25-,34-32-. The monoisotopic (exact) mass is 789 g/mol. The van der Waals surface area contributed by atoms with Crippen molar-refractivity contribution in [3.05, 3.63) is 60.8 Å². The van der Waals surface area contributed by atoms with Gasteiger partial charge in [0.15, 0.2) is 6.10 Å². The van der Waals surface area contributed by atoms with Crippen LogP contribution in [0.2, 0.25) is 0 Å². The van der Waals surface area contributed by atoms with Gasteiger partial charge < -0.3 is 28.5 Å². The molecular formula is C47H82NO8+. The predicted molar refractivity (Wildman–Crippen MR) is 230 cm³/mol. The number of esters is 2. The molecule has 0 bridgehead atoms. The van der Waals surface area contributed by atoms with Crippen LogP contribution in [0.25, 0.3) is 0 Å². The first-order valence-corrected chi connectivity index (χ1v) is 22.0. The average molecular weight is 789 g/mol. The lowest BCUT2D eigenvalue weighted by molar-refractivity contribution is -0.870. The van der Waals surface area contributed by atoms with Gasteiger partial charge in [-0.15, -0.1) is 0 Å². The maximum absolute atomic E-state index is 12.7. The first-order chi connectivity index (χ1) is 27.1. The number of unbranched alkanes of at least 4 members (excludes halogenated alkanes) is 14. The molecule has 56 heavy (non-hydrogen) atoms. The van der Waals surface area contributed by atoms with E-state index in [9.17, 15) is 19.5 Å². The summed E-state index contributed by atoms with van der Waals surface area (Å²) in [6.07, 6.45) is 43.0. The first-order valence-electron chi connectivity index (χ1n) is 22.0. The van der Waals surface area contributed by atoms with Crippen LogP contribution in [0.1, 0.15) is 162 Å². The highest BCUT2D eigenvalue weighted by Gasteiger charge is 2.25. The number of carboxylic acid groups (broad SMARTS) is 1. The lowest BCUT2D eigenvalue weighted by Crippen LogP contribution is -2.40. The minimum atomic E-state index is -1.53. The number of hydrogen-bond acceptors (Lipinski definition) is 7. The number of hydrogen-bond donors (Lipinski definition) is 1. The molecule has 0 rings (SSSR count). The van der Waals surface area contributed by atoms with Gasteiger partial charge in [-0.1, -0.05) is 145 Å². The molecule has 0 radical (unpaired) electrons. The van der Waals surface area contributed by atoms with Gasteiger partial charge in [0.05, 0.1) is 34.4 Å². The van der Waals surface area contributed by atoms with Crippen molar-refractivity contribution >= 4 is 17.9 Å². The summed E-state index contributed by atoms with van der Waals surface area (Å²) in [7, 11) is 5.92. The third-order valence-electron chi connectivity index (χ3n) is 9.02. The molecule has 0 aliphatic heterocycles. The van der Waals surface area contributed by atoms with E-state index in [4.69, 9.17) is 18.9 Å². The molecule has 0 fully saturated rings. The zero-order chi connectivity index (χ0) is 41.4. The van der Waals surface area contributed by atoms with E-state index in [1.54, 1.807) is 0 Å². The Labute approximate surface area is 342 Å². The van der Waals surface area contributed by atoms with Crippen LogP contribution in [0.3, 0.4) is 0 Å². The van der Waals surface area contributed by atoms with Crippen molar-refractivity contribution in [2.24, 2.45) is 0 Å². The number of aliphatic carboxylic acids is 1. The minimum Gasteiger partial charge on any atom is -0.477 e. The fourth-order valence-electron chi connectivity index (χ4n) is 5.61. The summed E-state index contributed by atoms with van der Waals surface area (Å²) in [5.41, 5.74) is 0. The van der Waals surface area contributed by atoms with Crippen LogP contribution in [0.5, 0.6) is 0 Å². The van der Waals surface area contributed by atoms with Crippen LogP contribution < -0.4 is 0 Å². The molecule has 9 nitrogen and oxygen atoms in total. The van der Waals surface area contributed by atoms with E-state index in [1.165, 1.54) is 70.6 Å². The number of carboxylic acids is 1. The van der Waals surface area contributed by atoms with Crippen LogP contribution in [0.4, 0.5) is 0 Å². The van der Waals surface area contributed by atoms with E-state index < -0.39 is 24.3 Å². The molecule has 2 atom stereocenters. The molecule has 322 valence electrons. The molecule has 0 aromatic heterocycles. The topological polar surface area (TPSA) is 108 Å². The molecule has 1 N–H and O–H groups in total. The molecule has 0 heterocycles.